The fourth-order valence-electron chi connectivity index (χ4n) is 2.27. The van der Waals surface area contributed by atoms with Crippen LogP contribution in [0.3, 0.4) is 0 Å². The summed E-state index contributed by atoms with van der Waals surface area (Å²) < 4.78 is 0. The number of nitrogens with one attached hydrogen (secondary N) is 1. The Morgan fingerprint density at radius 2 is 1.80 bits per heavy atom. The second kappa shape index (κ2) is 9.49. The van der Waals surface area contributed by atoms with Crippen LogP contribution in [-0.2, 0) is 11.3 Å². The zero-order chi connectivity index (χ0) is 18.2. The largest absolute Gasteiger partial charge is 0.355 e. The maximum Gasteiger partial charge on any atom is 0.251 e. The van der Waals surface area contributed by atoms with Crippen LogP contribution in [0.4, 0.5) is 0 Å². The number of hydrogen-bond acceptors (Lipinski definition) is 3. The van der Waals surface area contributed by atoms with Crippen LogP contribution in [0.25, 0.3) is 0 Å². The third kappa shape index (κ3) is 5.80. The first-order valence-electron chi connectivity index (χ1n) is 7.93. The highest BCUT2D eigenvalue weighted by atomic mass is 35.5. The monoisotopic (exact) mass is 376 g/mol. The van der Waals surface area contributed by atoms with Gasteiger partial charge in [0, 0.05) is 43.3 Å². The minimum Gasteiger partial charge on any atom is -0.355 e. The quantitative estimate of drug-likeness (QED) is 0.747. The Labute approximate surface area is 157 Å². The maximum atomic E-state index is 12.3. The van der Waals surface area contributed by atoms with E-state index in [9.17, 15) is 9.59 Å². The number of nitrogens with zero attached hydrogens (tertiary/aromatic N) is 1. The fourth-order valence-corrected chi connectivity index (χ4v) is 3.45. The van der Waals surface area contributed by atoms with Crippen molar-refractivity contribution < 1.29 is 9.59 Å². The minimum absolute atomic E-state index is 0.0786. The molecule has 2 aromatic rings. The van der Waals surface area contributed by atoms with Crippen LogP contribution < -0.4 is 5.32 Å². The molecular formula is C19H21ClN2O2S. The van der Waals surface area contributed by atoms with Crippen LogP contribution >= 0.6 is 23.4 Å². The number of halogens is 1. The van der Waals surface area contributed by atoms with Gasteiger partial charge in [-0.05, 0) is 29.8 Å². The van der Waals surface area contributed by atoms with Crippen LogP contribution in [0, 0.1) is 0 Å². The molecule has 0 radical (unpaired) electrons. The lowest BCUT2D eigenvalue weighted by molar-refractivity contribution is -0.129. The zero-order valence-corrected chi connectivity index (χ0v) is 15.9. The van der Waals surface area contributed by atoms with Gasteiger partial charge in [0.05, 0.1) is 5.02 Å². The van der Waals surface area contributed by atoms with Crippen molar-refractivity contribution >= 4 is 35.2 Å². The third-order valence-corrected chi connectivity index (χ3v) is 5.22. The Bertz CT molecular complexity index is 734. The molecule has 132 valence electrons. The number of benzene rings is 2. The van der Waals surface area contributed by atoms with E-state index >= 15 is 0 Å². The van der Waals surface area contributed by atoms with Crippen molar-refractivity contribution in [2.75, 3.05) is 19.8 Å². The molecule has 25 heavy (non-hydrogen) atoms. The minimum atomic E-state index is -0.118. The van der Waals surface area contributed by atoms with Gasteiger partial charge in [0.25, 0.3) is 5.91 Å². The summed E-state index contributed by atoms with van der Waals surface area (Å²) in [5, 5.41) is 3.30. The standard InChI is InChI=1S/C19H21ClN2O2S/c1-21-19(24)15-9-7-14(8-10-15)13-22(2)18(23)11-12-25-17-6-4-3-5-16(17)20/h3-10H,11-13H2,1-2H3,(H,21,24). The first kappa shape index (κ1) is 19.3. The average molecular weight is 377 g/mol. The van der Waals surface area contributed by atoms with Gasteiger partial charge in [-0.25, -0.2) is 0 Å². The van der Waals surface area contributed by atoms with Crippen molar-refractivity contribution in [3.8, 4) is 0 Å². The van der Waals surface area contributed by atoms with Gasteiger partial charge in [-0.15, -0.1) is 11.8 Å². The summed E-state index contributed by atoms with van der Waals surface area (Å²) >= 11 is 7.69. The van der Waals surface area contributed by atoms with Crippen molar-refractivity contribution in [1.29, 1.82) is 0 Å². The third-order valence-electron chi connectivity index (χ3n) is 3.70. The lowest BCUT2D eigenvalue weighted by atomic mass is 10.1. The molecule has 4 nitrogen and oxygen atoms in total. The van der Waals surface area contributed by atoms with Gasteiger partial charge in [0.2, 0.25) is 5.91 Å². The number of amides is 2. The van der Waals surface area contributed by atoms with Gasteiger partial charge >= 0.3 is 0 Å². The second-order valence-electron chi connectivity index (χ2n) is 5.55. The maximum absolute atomic E-state index is 12.3. The molecule has 0 aliphatic rings. The Kier molecular flexibility index (Phi) is 7.34. The Balaban J connectivity index is 1.81. The Morgan fingerprint density at radius 1 is 1.12 bits per heavy atom. The molecule has 2 rings (SSSR count). The van der Waals surface area contributed by atoms with E-state index in [-0.39, 0.29) is 11.8 Å². The van der Waals surface area contributed by atoms with Crippen molar-refractivity contribution in [3.63, 3.8) is 0 Å². The normalized spacial score (nSPS) is 10.4. The second-order valence-corrected chi connectivity index (χ2v) is 7.10. The number of thioether (sulfide) groups is 1. The summed E-state index contributed by atoms with van der Waals surface area (Å²) in [6, 6.07) is 14.9. The molecule has 0 unspecified atom stereocenters. The fraction of sp³-hybridized carbons (Fsp3) is 0.263. The van der Waals surface area contributed by atoms with Gasteiger partial charge in [-0.3, -0.25) is 9.59 Å². The molecule has 2 amide bonds. The topological polar surface area (TPSA) is 49.4 Å². The van der Waals surface area contributed by atoms with Gasteiger partial charge in [-0.2, -0.15) is 0 Å². The lowest BCUT2D eigenvalue weighted by Gasteiger charge is -2.17. The van der Waals surface area contributed by atoms with E-state index in [1.165, 1.54) is 0 Å². The summed E-state index contributed by atoms with van der Waals surface area (Å²) in [5.74, 6) is 0.644. The first-order chi connectivity index (χ1) is 12.0. The lowest BCUT2D eigenvalue weighted by Crippen LogP contribution is -2.26. The SMILES string of the molecule is CNC(=O)c1ccc(CN(C)C(=O)CCSc2ccccc2Cl)cc1. The first-order valence-corrected chi connectivity index (χ1v) is 9.30. The molecule has 0 saturated heterocycles. The molecule has 0 fully saturated rings. The van der Waals surface area contributed by atoms with E-state index < -0.39 is 0 Å². The summed E-state index contributed by atoms with van der Waals surface area (Å²) in [7, 11) is 3.39. The number of rotatable bonds is 7. The number of hydrogen-bond donors (Lipinski definition) is 1. The molecule has 0 aromatic heterocycles. The molecular weight excluding hydrogens is 356 g/mol. The molecule has 6 heteroatoms. The van der Waals surface area contributed by atoms with Gasteiger partial charge in [0.15, 0.2) is 0 Å². The summed E-state index contributed by atoms with van der Waals surface area (Å²) in [5.41, 5.74) is 1.60. The average Bonchev–Trinajstić information content (AvgIpc) is 2.63. The number of carbonyl (C=O) groups is 2. The Morgan fingerprint density at radius 3 is 2.44 bits per heavy atom. The molecule has 0 heterocycles. The van der Waals surface area contributed by atoms with E-state index in [4.69, 9.17) is 11.6 Å². The molecule has 1 N–H and O–H groups in total. The molecule has 0 aliphatic heterocycles. The van der Waals surface area contributed by atoms with E-state index in [0.717, 1.165) is 10.5 Å². The predicted molar refractivity (Wildman–Crippen MR) is 103 cm³/mol. The highest BCUT2D eigenvalue weighted by molar-refractivity contribution is 7.99. The van der Waals surface area contributed by atoms with Crippen LogP contribution in [0.5, 0.6) is 0 Å². The van der Waals surface area contributed by atoms with E-state index in [1.807, 2.05) is 36.4 Å². The van der Waals surface area contributed by atoms with Crippen LogP contribution in [0.15, 0.2) is 53.4 Å². The predicted octanol–water partition coefficient (Wildman–Crippen LogP) is 3.84. The molecule has 0 spiro atoms. The van der Waals surface area contributed by atoms with Gasteiger partial charge in [0.1, 0.15) is 0 Å². The van der Waals surface area contributed by atoms with E-state index in [0.29, 0.717) is 29.3 Å². The number of carbonyl (C=O) groups excluding carboxylic acids is 2. The molecule has 0 bridgehead atoms. The van der Waals surface area contributed by atoms with Crippen molar-refractivity contribution in [3.05, 3.63) is 64.7 Å². The molecule has 0 atom stereocenters. The van der Waals surface area contributed by atoms with Crippen LogP contribution in [-0.4, -0.2) is 36.6 Å². The van der Waals surface area contributed by atoms with Crippen molar-refractivity contribution in [2.24, 2.45) is 0 Å². The van der Waals surface area contributed by atoms with Crippen molar-refractivity contribution in [2.45, 2.75) is 17.9 Å². The highest BCUT2D eigenvalue weighted by Crippen LogP contribution is 2.27. The smallest absolute Gasteiger partial charge is 0.251 e. The Hall–Kier alpha value is -1.98. The van der Waals surface area contributed by atoms with Gasteiger partial charge in [-0.1, -0.05) is 35.9 Å². The molecule has 0 saturated carbocycles. The highest BCUT2D eigenvalue weighted by Gasteiger charge is 2.11. The van der Waals surface area contributed by atoms with Gasteiger partial charge < -0.3 is 10.2 Å². The van der Waals surface area contributed by atoms with Crippen molar-refractivity contribution in [1.82, 2.24) is 10.2 Å². The zero-order valence-electron chi connectivity index (χ0n) is 14.3. The summed E-state index contributed by atoms with van der Waals surface area (Å²) in [6.07, 6.45) is 0.447. The summed E-state index contributed by atoms with van der Waals surface area (Å²) in [6.45, 7) is 0.517. The van der Waals surface area contributed by atoms with E-state index in [2.05, 4.69) is 5.32 Å². The molecule has 2 aromatic carbocycles. The van der Waals surface area contributed by atoms with Crippen LogP contribution in [0.2, 0.25) is 5.02 Å². The van der Waals surface area contributed by atoms with E-state index in [1.54, 1.807) is 42.9 Å². The van der Waals surface area contributed by atoms with Crippen LogP contribution in [0.1, 0.15) is 22.3 Å². The molecule has 0 aliphatic carbocycles. The summed E-state index contributed by atoms with van der Waals surface area (Å²) in [4.78, 5) is 26.5.